The highest BCUT2D eigenvalue weighted by Gasteiger charge is 2.35. The number of likely N-dealkylation sites (tertiary alicyclic amines) is 1. The number of amides is 2. The first-order chi connectivity index (χ1) is 17.5. The minimum Gasteiger partial charge on any atom is -0.477 e. The Balaban J connectivity index is 1.27. The summed E-state index contributed by atoms with van der Waals surface area (Å²) in [7, 11) is 0. The zero-order valence-corrected chi connectivity index (χ0v) is 19.4. The Morgan fingerprint density at radius 3 is 2.58 bits per heavy atom. The fourth-order valence-corrected chi connectivity index (χ4v) is 4.49. The molecule has 5 rings (SSSR count). The Kier molecular flexibility index (Phi) is 6.40. The SMILES string of the molecule is O=C(O)c1cc2cc(-c3cccc(NC(=O)[C@@H]4CCCN4C(=O)OCc4ccccc4)c3)ccc2[nH]1. The van der Waals surface area contributed by atoms with E-state index in [0.29, 0.717) is 18.7 Å². The number of rotatable bonds is 6. The molecule has 1 aliphatic rings. The van der Waals surface area contributed by atoms with Crippen LogP contribution in [0.3, 0.4) is 0 Å². The molecule has 36 heavy (non-hydrogen) atoms. The Morgan fingerprint density at radius 2 is 1.78 bits per heavy atom. The Hall–Kier alpha value is -4.59. The van der Waals surface area contributed by atoms with E-state index in [-0.39, 0.29) is 18.2 Å². The number of aromatic carboxylic acids is 1. The van der Waals surface area contributed by atoms with Gasteiger partial charge in [-0.3, -0.25) is 9.69 Å². The molecular formula is C28H25N3O5. The third-order valence-electron chi connectivity index (χ3n) is 6.31. The molecule has 0 aliphatic carbocycles. The summed E-state index contributed by atoms with van der Waals surface area (Å²) in [5.41, 5.74) is 4.13. The van der Waals surface area contributed by atoms with Crippen LogP contribution >= 0.6 is 0 Å². The van der Waals surface area contributed by atoms with Gasteiger partial charge in [0.25, 0.3) is 0 Å². The molecule has 3 N–H and O–H groups in total. The second kappa shape index (κ2) is 9.95. The smallest absolute Gasteiger partial charge is 0.410 e. The van der Waals surface area contributed by atoms with Gasteiger partial charge >= 0.3 is 12.1 Å². The highest BCUT2D eigenvalue weighted by molar-refractivity contribution is 5.98. The number of nitrogens with zero attached hydrogens (tertiary/aromatic N) is 1. The first kappa shape index (κ1) is 23.2. The summed E-state index contributed by atoms with van der Waals surface area (Å²) in [5, 5.41) is 12.9. The maximum atomic E-state index is 13.1. The molecular weight excluding hydrogens is 458 g/mol. The van der Waals surface area contributed by atoms with Crippen molar-refractivity contribution >= 4 is 34.6 Å². The van der Waals surface area contributed by atoms with Crippen molar-refractivity contribution in [3.8, 4) is 11.1 Å². The molecule has 2 amide bonds. The number of nitrogens with one attached hydrogen (secondary N) is 2. The Labute approximate surface area is 207 Å². The lowest BCUT2D eigenvalue weighted by atomic mass is 10.0. The van der Waals surface area contributed by atoms with Gasteiger partial charge in [0.05, 0.1) is 0 Å². The lowest BCUT2D eigenvalue weighted by molar-refractivity contribution is -0.120. The molecule has 0 spiro atoms. The monoisotopic (exact) mass is 483 g/mol. The molecule has 0 radical (unpaired) electrons. The topological polar surface area (TPSA) is 112 Å². The third-order valence-corrected chi connectivity index (χ3v) is 6.31. The number of carboxylic acid groups (broad SMARTS) is 1. The van der Waals surface area contributed by atoms with Gasteiger partial charge in [0.1, 0.15) is 18.3 Å². The van der Waals surface area contributed by atoms with Crippen molar-refractivity contribution in [3.05, 3.63) is 90.1 Å². The maximum Gasteiger partial charge on any atom is 0.410 e. The van der Waals surface area contributed by atoms with Crippen molar-refractivity contribution in [1.29, 1.82) is 0 Å². The van der Waals surface area contributed by atoms with Gasteiger partial charge in [0.2, 0.25) is 5.91 Å². The number of carboxylic acids is 1. The number of anilines is 1. The first-order valence-electron chi connectivity index (χ1n) is 11.7. The number of hydrogen-bond donors (Lipinski definition) is 3. The summed E-state index contributed by atoms with van der Waals surface area (Å²) in [4.78, 5) is 41.3. The zero-order chi connectivity index (χ0) is 25.1. The van der Waals surface area contributed by atoms with Gasteiger partial charge in [-0.25, -0.2) is 9.59 Å². The average Bonchev–Trinajstić information content (AvgIpc) is 3.55. The molecule has 2 heterocycles. The average molecular weight is 484 g/mol. The number of H-pyrrole nitrogens is 1. The highest BCUT2D eigenvalue weighted by Crippen LogP contribution is 2.28. The van der Waals surface area contributed by atoms with Crippen molar-refractivity contribution in [2.75, 3.05) is 11.9 Å². The van der Waals surface area contributed by atoms with Gasteiger partial charge in [-0.05, 0) is 59.9 Å². The number of hydrogen-bond acceptors (Lipinski definition) is 4. The minimum atomic E-state index is -1.01. The number of carbonyl (C=O) groups excluding carboxylic acids is 2. The minimum absolute atomic E-state index is 0.131. The second-order valence-corrected chi connectivity index (χ2v) is 8.75. The van der Waals surface area contributed by atoms with Crippen LogP contribution in [0.1, 0.15) is 28.9 Å². The van der Waals surface area contributed by atoms with E-state index in [2.05, 4.69) is 10.3 Å². The molecule has 1 aromatic heterocycles. The number of fused-ring (bicyclic) bond motifs is 1. The molecule has 0 unspecified atom stereocenters. The van der Waals surface area contributed by atoms with Gasteiger partial charge in [-0.1, -0.05) is 48.5 Å². The lowest BCUT2D eigenvalue weighted by Crippen LogP contribution is -2.43. The van der Waals surface area contributed by atoms with Gasteiger partial charge in [0.15, 0.2) is 0 Å². The van der Waals surface area contributed by atoms with E-state index < -0.39 is 18.1 Å². The van der Waals surface area contributed by atoms with Crippen molar-refractivity contribution in [2.24, 2.45) is 0 Å². The van der Waals surface area contributed by atoms with Crippen LogP contribution in [0.5, 0.6) is 0 Å². The molecule has 0 bridgehead atoms. The summed E-state index contributed by atoms with van der Waals surface area (Å²) < 4.78 is 5.44. The highest BCUT2D eigenvalue weighted by atomic mass is 16.6. The van der Waals surface area contributed by atoms with Gasteiger partial charge in [-0.2, -0.15) is 0 Å². The second-order valence-electron chi connectivity index (χ2n) is 8.75. The number of aromatic nitrogens is 1. The molecule has 182 valence electrons. The zero-order valence-electron chi connectivity index (χ0n) is 19.4. The molecule has 1 aliphatic heterocycles. The quantitative estimate of drug-likeness (QED) is 0.346. The third kappa shape index (κ3) is 4.93. The van der Waals surface area contributed by atoms with Crippen LogP contribution in [-0.4, -0.2) is 45.5 Å². The summed E-state index contributed by atoms with van der Waals surface area (Å²) >= 11 is 0. The molecule has 1 fully saturated rings. The van der Waals surface area contributed by atoms with E-state index in [9.17, 15) is 19.5 Å². The van der Waals surface area contributed by atoms with E-state index in [4.69, 9.17) is 4.74 Å². The van der Waals surface area contributed by atoms with Crippen LogP contribution in [0, 0.1) is 0 Å². The van der Waals surface area contributed by atoms with Crippen molar-refractivity contribution in [1.82, 2.24) is 9.88 Å². The van der Waals surface area contributed by atoms with Crippen molar-refractivity contribution in [2.45, 2.75) is 25.5 Å². The Morgan fingerprint density at radius 1 is 0.972 bits per heavy atom. The van der Waals surface area contributed by atoms with Crippen LogP contribution in [0.25, 0.3) is 22.0 Å². The van der Waals surface area contributed by atoms with E-state index in [1.165, 1.54) is 4.90 Å². The normalized spacial score (nSPS) is 15.1. The fourth-order valence-electron chi connectivity index (χ4n) is 4.49. The molecule has 8 heteroatoms. The fraction of sp³-hybridized carbons (Fsp3) is 0.179. The summed E-state index contributed by atoms with van der Waals surface area (Å²) in [6.45, 7) is 0.632. The summed E-state index contributed by atoms with van der Waals surface area (Å²) in [6, 6.07) is 23.5. The number of ether oxygens (including phenoxy) is 1. The van der Waals surface area contributed by atoms with E-state index >= 15 is 0 Å². The molecule has 4 aromatic rings. The largest absolute Gasteiger partial charge is 0.477 e. The molecule has 1 saturated heterocycles. The number of aromatic amines is 1. The van der Waals surface area contributed by atoms with E-state index in [0.717, 1.165) is 34.0 Å². The lowest BCUT2D eigenvalue weighted by Gasteiger charge is -2.23. The first-order valence-corrected chi connectivity index (χ1v) is 11.7. The number of benzene rings is 3. The van der Waals surface area contributed by atoms with Crippen molar-refractivity contribution < 1.29 is 24.2 Å². The number of carbonyl (C=O) groups is 3. The van der Waals surface area contributed by atoms with Crippen LogP contribution in [0.15, 0.2) is 78.9 Å². The van der Waals surface area contributed by atoms with Crippen LogP contribution in [0.4, 0.5) is 10.5 Å². The van der Waals surface area contributed by atoms with Gasteiger partial charge in [-0.15, -0.1) is 0 Å². The molecule has 3 aromatic carbocycles. The summed E-state index contributed by atoms with van der Waals surface area (Å²) in [5.74, 6) is -1.27. The molecule has 1 atom stereocenters. The Bertz CT molecular complexity index is 1430. The molecule has 8 nitrogen and oxygen atoms in total. The van der Waals surface area contributed by atoms with Gasteiger partial charge < -0.3 is 20.1 Å². The maximum absolute atomic E-state index is 13.1. The van der Waals surface area contributed by atoms with Crippen LogP contribution in [-0.2, 0) is 16.1 Å². The van der Waals surface area contributed by atoms with E-state index in [1.54, 1.807) is 12.1 Å². The van der Waals surface area contributed by atoms with Crippen molar-refractivity contribution in [3.63, 3.8) is 0 Å². The van der Waals surface area contributed by atoms with E-state index in [1.807, 2.05) is 66.7 Å². The van der Waals surface area contributed by atoms with Crippen LogP contribution < -0.4 is 5.32 Å². The van der Waals surface area contributed by atoms with Crippen LogP contribution in [0.2, 0.25) is 0 Å². The van der Waals surface area contributed by atoms with Gasteiger partial charge in [0, 0.05) is 23.1 Å². The predicted octanol–water partition coefficient (Wildman–Crippen LogP) is 5.27. The standard InChI is InChI=1S/C28H25N3O5/c32-26(25-10-5-13-31(25)28(35)36-17-18-6-2-1-3-7-18)29-22-9-4-8-19(15-22)20-11-12-23-21(14-20)16-24(30-23)27(33)34/h1-4,6-9,11-12,14-16,25,30H,5,10,13,17H2,(H,29,32)(H,33,34)/t25-/m0/s1. The molecule has 0 saturated carbocycles. The predicted molar refractivity (Wildman–Crippen MR) is 136 cm³/mol. The summed E-state index contributed by atoms with van der Waals surface area (Å²) in [6.07, 6.45) is 0.807.